The third-order valence-electron chi connectivity index (χ3n) is 12.9. The molecule has 0 saturated heterocycles. The standard InChI is InChI=1S/C62H39N5O/c1-6-18-40(19-7-1)44-30-32-48(41-20-8-2-9-21-41)50(36-44)46-38-52(62-65-60(42-22-10-3-11-23-42)64-61(66-62)43-24-12-4-13-25-43)59(63-39-46)45-31-34-55-51(37-45)58-56(68-55)35-33-54-57(58)49-28-16-17-29-53(49)67(54)47-26-14-5-15-27-47/h1-39H. The Hall–Kier alpha value is -9.26. The summed E-state index contributed by atoms with van der Waals surface area (Å²) in [6.45, 7) is 0. The molecule has 0 radical (unpaired) electrons. The zero-order valence-corrected chi connectivity index (χ0v) is 36.7. The zero-order valence-electron chi connectivity index (χ0n) is 36.7. The van der Waals surface area contributed by atoms with Crippen LogP contribution in [0.5, 0.6) is 0 Å². The number of hydrogen-bond acceptors (Lipinski definition) is 5. The first-order valence-corrected chi connectivity index (χ1v) is 22.8. The lowest BCUT2D eigenvalue weighted by atomic mass is 9.90. The molecule has 68 heavy (non-hydrogen) atoms. The van der Waals surface area contributed by atoms with Crippen LogP contribution in [0.1, 0.15) is 0 Å². The van der Waals surface area contributed by atoms with Gasteiger partial charge in [-0.25, -0.2) is 15.0 Å². The number of fused-ring (bicyclic) bond motifs is 7. The topological polar surface area (TPSA) is 69.6 Å². The summed E-state index contributed by atoms with van der Waals surface area (Å²) in [6.07, 6.45) is 2.00. The van der Waals surface area contributed by atoms with Crippen LogP contribution in [0, 0.1) is 0 Å². The van der Waals surface area contributed by atoms with Crippen molar-refractivity contribution in [2.75, 3.05) is 0 Å². The van der Waals surface area contributed by atoms with Gasteiger partial charge in [-0.2, -0.15) is 0 Å². The summed E-state index contributed by atoms with van der Waals surface area (Å²) in [4.78, 5) is 21.1. The van der Waals surface area contributed by atoms with E-state index in [4.69, 9.17) is 24.4 Å². The van der Waals surface area contributed by atoms with E-state index >= 15 is 0 Å². The third kappa shape index (κ3) is 6.74. The van der Waals surface area contributed by atoms with Crippen molar-refractivity contribution in [3.63, 3.8) is 0 Å². The summed E-state index contributed by atoms with van der Waals surface area (Å²) >= 11 is 0. The van der Waals surface area contributed by atoms with Gasteiger partial charge in [-0.1, -0.05) is 170 Å². The summed E-state index contributed by atoms with van der Waals surface area (Å²) in [5, 5.41) is 4.37. The van der Waals surface area contributed by atoms with E-state index in [0.29, 0.717) is 17.5 Å². The maximum atomic E-state index is 6.68. The molecule has 13 aromatic rings. The molecule has 318 valence electrons. The molecule has 0 atom stereocenters. The monoisotopic (exact) mass is 869 g/mol. The Balaban J connectivity index is 1.08. The summed E-state index contributed by atoms with van der Waals surface area (Å²) in [6, 6.07) is 80.0. The highest BCUT2D eigenvalue weighted by atomic mass is 16.3. The largest absolute Gasteiger partial charge is 0.456 e. The lowest BCUT2D eigenvalue weighted by molar-refractivity contribution is 0.669. The Bertz CT molecular complexity index is 3940. The first kappa shape index (κ1) is 39.1. The van der Waals surface area contributed by atoms with Gasteiger partial charge in [0.1, 0.15) is 11.2 Å². The van der Waals surface area contributed by atoms with Crippen molar-refractivity contribution in [3.8, 4) is 84.5 Å². The number of rotatable bonds is 8. The van der Waals surface area contributed by atoms with E-state index in [9.17, 15) is 0 Å². The molecule has 4 heterocycles. The average Bonchev–Trinajstić information content (AvgIpc) is 3.97. The van der Waals surface area contributed by atoms with Gasteiger partial charge in [0.05, 0.1) is 16.7 Å². The molecule has 4 aromatic heterocycles. The van der Waals surface area contributed by atoms with Crippen LogP contribution in [-0.2, 0) is 0 Å². The second-order valence-electron chi connectivity index (χ2n) is 17.0. The second-order valence-corrected chi connectivity index (χ2v) is 17.0. The van der Waals surface area contributed by atoms with Gasteiger partial charge in [0.15, 0.2) is 17.5 Å². The smallest absolute Gasteiger partial charge is 0.166 e. The van der Waals surface area contributed by atoms with Gasteiger partial charge in [0.25, 0.3) is 0 Å². The minimum atomic E-state index is 0.521. The van der Waals surface area contributed by atoms with Gasteiger partial charge in [-0.15, -0.1) is 0 Å². The van der Waals surface area contributed by atoms with E-state index in [1.165, 1.54) is 0 Å². The Labute approximate surface area is 392 Å². The maximum Gasteiger partial charge on any atom is 0.166 e. The highest BCUT2D eigenvalue weighted by molar-refractivity contribution is 6.27. The molecule has 13 rings (SSSR count). The minimum absolute atomic E-state index is 0.521. The predicted molar refractivity (Wildman–Crippen MR) is 277 cm³/mol. The quantitative estimate of drug-likeness (QED) is 0.152. The lowest BCUT2D eigenvalue weighted by Crippen LogP contribution is -2.02. The molecule has 0 aliphatic rings. The first-order valence-electron chi connectivity index (χ1n) is 22.8. The fourth-order valence-corrected chi connectivity index (χ4v) is 9.73. The van der Waals surface area contributed by atoms with Gasteiger partial charge >= 0.3 is 0 Å². The molecule has 0 aliphatic carbocycles. The van der Waals surface area contributed by atoms with Gasteiger partial charge in [-0.05, 0) is 88.5 Å². The Kier molecular flexibility index (Phi) is 9.39. The number of benzene rings is 9. The van der Waals surface area contributed by atoms with Crippen LogP contribution >= 0.6 is 0 Å². The van der Waals surface area contributed by atoms with Crippen molar-refractivity contribution in [3.05, 3.63) is 237 Å². The van der Waals surface area contributed by atoms with Crippen molar-refractivity contribution in [2.45, 2.75) is 0 Å². The summed E-state index contributed by atoms with van der Waals surface area (Å²) < 4.78 is 9.02. The van der Waals surface area contributed by atoms with E-state index in [1.807, 2.05) is 66.9 Å². The molecule has 0 spiro atoms. The van der Waals surface area contributed by atoms with Gasteiger partial charge in [-0.3, -0.25) is 4.98 Å². The summed E-state index contributed by atoms with van der Waals surface area (Å²) in [7, 11) is 0. The third-order valence-corrected chi connectivity index (χ3v) is 12.9. The van der Waals surface area contributed by atoms with Crippen LogP contribution in [0.25, 0.3) is 128 Å². The molecular formula is C62H39N5O. The summed E-state index contributed by atoms with van der Waals surface area (Å²) in [5.41, 5.74) is 15.6. The lowest BCUT2D eigenvalue weighted by Gasteiger charge is -2.16. The van der Waals surface area contributed by atoms with Gasteiger partial charge in [0.2, 0.25) is 0 Å². The Morgan fingerprint density at radius 1 is 0.324 bits per heavy atom. The molecular weight excluding hydrogens is 831 g/mol. The van der Waals surface area contributed by atoms with E-state index in [0.717, 1.165) is 111 Å². The number of nitrogens with zero attached hydrogens (tertiary/aromatic N) is 5. The van der Waals surface area contributed by atoms with Crippen LogP contribution in [0.4, 0.5) is 0 Å². The van der Waals surface area contributed by atoms with Gasteiger partial charge < -0.3 is 8.98 Å². The van der Waals surface area contributed by atoms with Crippen LogP contribution in [0.3, 0.4) is 0 Å². The molecule has 6 heteroatoms. The van der Waals surface area contributed by atoms with Crippen molar-refractivity contribution in [2.24, 2.45) is 0 Å². The average molecular weight is 870 g/mol. The summed E-state index contributed by atoms with van der Waals surface area (Å²) in [5.74, 6) is 1.68. The highest BCUT2D eigenvalue weighted by Gasteiger charge is 2.23. The number of pyridine rings is 1. The maximum absolute atomic E-state index is 6.68. The molecule has 0 fully saturated rings. The SMILES string of the molecule is c1ccc(-c2ccc(-c3ccccc3)c(-c3cnc(-c4ccc5oc6ccc7c(c8ccccc8n7-c7ccccc7)c6c5c4)c(-c4nc(-c5ccccc5)nc(-c5ccccc5)n4)c3)c2)cc1. The Morgan fingerprint density at radius 3 is 1.57 bits per heavy atom. The van der Waals surface area contributed by atoms with E-state index in [1.54, 1.807) is 0 Å². The van der Waals surface area contributed by atoms with Crippen molar-refractivity contribution >= 4 is 43.7 Å². The fraction of sp³-hybridized carbons (Fsp3) is 0. The molecule has 0 saturated carbocycles. The first-order chi connectivity index (χ1) is 33.7. The van der Waals surface area contributed by atoms with Crippen LogP contribution in [-0.4, -0.2) is 24.5 Å². The van der Waals surface area contributed by atoms with Crippen molar-refractivity contribution in [1.29, 1.82) is 0 Å². The number of aromatic nitrogens is 5. The zero-order chi connectivity index (χ0) is 45.0. The number of hydrogen-bond donors (Lipinski definition) is 0. The van der Waals surface area contributed by atoms with E-state index < -0.39 is 0 Å². The normalized spacial score (nSPS) is 11.5. The Morgan fingerprint density at radius 2 is 0.882 bits per heavy atom. The molecule has 6 nitrogen and oxygen atoms in total. The van der Waals surface area contributed by atoms with Crippen LogP contribution < -0.4 is 0 Å². The fourth-order valence-electron chi connectivity index (χ4n) is 9.73. The molecule has 0 unspecified atom stereocenters. The predicted octanol–water partition coefficient (Wildman–Crippen LogP) is 15.9. The van der Waals surface area contributed by atoms with Crippen LogP contribution in [0.2, 0.25) is 0 Å². The van der Waals surface area contributed by atoms with Crippen molar-refractivity contribution in [1.82, 2.24) is 24.5 Å². The second kappa shape index (κ2) is 16.3. The molecule has 0 N–H and O–H groups in total. The van der Waals surface area contributed by atoms with E-state index in [2.05, 4.69) is 174 Å². The van der Waals surface area contributed by atoms with E-state index in [-0.39, 0.29) is 0 Å². The number of furan rings is 1. The highest BCUT2D eigenvalue weighted by Crippen LogP contribution is 2.44. The van der Waals surface area contributed by atoms with Crippen molar-refractivity contribution < 1.29 is 4.42 Å². The molecule has 0 amide bonds. The number of para-hydroxylation sites is 2. The molecule has 9 aromatic carbocycles. The van der Waals surface area contributed by atoms with Gasteiger partial charge in [0, 0.05) is 61.2 Å². The molecule has 0 bridgehead atoms. The minimum Gasteiger partial charge on any atom is -0.456 e. The molecule has 0 aliphatic heterocycles. The van der Waals surface area contributed by atoms with Crippen LogP contribution in [0.15, 0.2) is 241 Å².